The first-order chi connectivity index (χ1) is 16.0. The molecule has 3 aromatic carbocycles. The van der Waals surface area contributed by atoms with Gasteiger partial charge in [-0.3, -0.25) is 9.59 Å². The van der Waals surface area contributed by atoms with Gasteiger partial charge in [0.2, 0.25) is 0 Å². The lowest BCUT2D eigenvalue weighted by molar-refractivity contribution is -0.147. The lowest BCUT2D eigenvalue weighted by Crippen LogP contribution is -2.30. The zero-order valence-corrected chi connectivity index (χ0v) is 17.7. The molecule has 0 saturated heterocycles. The van der Waals surface area contributed by atoms with Gasteiger partial charge in [0.25, 0.3) is 5.91 Å². The molecule has 7 nitrogen and oxygen atoms in total. The first-order valence-electron chi connectivity index (χ1n) is 10.3. The van der Waals surface area contributed by atoms with Crippen LogP contribution in [0.15, 0.2) is 72.8 Å². The number of ketones is 1. The van der Waals surface area contributed by atoms with Crippen molar-refractivity contribution >= 4 is 17.7 Å². The van der Waals surface area contributed by atoms with Crippen molar-refractivity contribution < 1.29 is 23.9 Å². The van der Waals surface area contributed by atoms with E-state index in [4.69, 9.17) is 14.7 Å². The average molecular weight is 440 g/mol. The molecule has 0 atom stereocenters. The van der Waals surface area contributed by atoms with E-state index in [1.165, 1.54) is 4.90 Å². The molecule has 0 spiro atoms. The Kier molecular flexibility index (Phi) is 6.46. The summed E-state index contributed by atoms with van der Waals surface area (Å²) in [5.74, 6) is -0.509. The lowest BCUT2D eigenvalue weighted by atomic mass is 10.1. The predicted octanol–water partition coefficient (Wildman–Crippen LogP) is 3.52. The number of carbonyl (C=O) groups excluding carboxylic acids is 3. The summed E-state index contributed by atoms with van der Waals surface area (Å²) in [6, 6.07) is 22.7. The quantitative estimate of drug-likeness (QED) is 0.393. The Labute approximate surface area is 190 Å². The monoisotopic (exact) mass is 440 g/mol. The van der Waals surface area contributed by atoms with E-state index in [0.29, 0.717) is 29.0 Å². The van der Waals surface area contributed by atoms with Crippen molar-refractivity contribution in [2.24, 2.45) is 0 Å². The van der Waals surface area contributed by atoms with E-state index in [1.54, 1.807) is 42.5 Å². The van der Waals surface area contributed by atoms with E-state index in [0.717, 1.165) is 11.1 Å². The molecular weight excluding hydrogens is 420 g/mol. The highest BCUT2D eigenvalue weighted by molar-refractivity contribution is 6.04. The highest BCUT2D eigenvalue weighted by atomic mass is 16.6. The first-order valence-corrected chi connectivity index (χ1v) is 10.3. The fraction of sp³-hybridized carbons (Fsp3) is 0.154. The molecule has 0 saturated carbocycles. The average Bonchev–Trinajstić information content (AvgIpc) is 3.16. The summed E-state index contributed by atoms with van der Waals surface area (Å²) in [7, 11) is 0. The summed E-state index contributed by atoms with van der Waals surface area (Å²) in [4.78, 5) is 38.5. The Hall–Kier alpha value is -4.44. The summed E-state index contributed by atoms with van der Waals surface area (Å²) in [5, 5.41) is 9.02. The molecule has 0 unspecified atom stereocenters. The summed E-state index contributed by atoms with van der Waals surface area (Å²) in [5.41, 5.74) is 3.06. The number of esters is 1. The van der Waals surface area contributed by atoms with Crippen LogP contribution in [0.25, 0.3) is 0 Å². The molecule has 0 aliphatic carbocycles. The maximum absolute atomic E-state index is 12.7. The van der Waals surface area contributed by atoms with Crippen LogP contribution in [0.3, 0.4) is 0 Å². The van der Waals surface area contributed by atoms with Gasteiger partial charge in [-0.1, -0.05) is 30.3 Å². The largest absolute Gasteiger partial charge is 0.482 e. The van der Waals surface area contributed by atoms with Crippen LogP contribution in [0, 0.1) is 11.3 Å². The van der Waals surface area contributed by atoms with E-state index in [-0.39, 0.29) is 31.4 Å². The molecule has 1 heterocycles. The highest BCUT2D eigenvalue weighted by Crippen LogP contribution is 2.24. The topological polar surface area (TPSA) is 96.7 Å². The number of ether oxygens (including phenoxy) is 2. The van der Waals surface area contributed by atoms with Crippen molar-refractivity contribution in [3.63, 3.8) is 0 Å². The van der Waals surface area contributed by atoms with Crippen LogP contribution in [0.4, 0.5) is 0 Å². The molecule has 1 aliphatic heterocycles. The number of nitriles is 1. The number of nitrogens with zero attached hydrogens (tertiary/aromatic N) is 2. The van der Waals surface area contributed by atoms with Crippen LogP contribution < -0.4 is 4.74 Å². The molecular formula is C26H20N2O5. The summed E-state index contributed by atoms with van der Waals surface area (Å²) >= 11 is 0. The molecule has 4 rings (SSSR count). The van der Waals surface area contributed by atoms with Gasteiger partial charge in [-0.05, 0) is 53.6 Å². The van der Waals surface area contributed by atoms with Gasteiger partial charge in [-0.25, -0.2) is 4.79 Å². The minimum atomic E-state index is -0.495. The number of hydrogen-bond acceptors (Lipinski definition) is 6. The highest BCUT2D eigenvalue weighted by Gasteiger charge is 2.29. The smallest absolute Gasteiger partial charge is 0.344 e. The standard InChI is InChI=1S/C26H20N2O5/c27-13-19-6-11-23-21(12-19)14-28(26(23)31)15-24(29)20-7-9-22(10-8-20)32-17-25(30)33-16-18-4-2-1-3-5-18/h1-12H,14-17H2. The molecule has 0 fully saturated rings. The van der Waals surface area contributed by atoms with E-state index < -0.39 is 5.97 Å². The fourth-order valence-corrected chi connectivity index (χ4v) is 3.50. The molecule has 3 aromatic rings. The second-order valence-corrected chi connectivity index (χ2v) is 7.53. The van der Waals surface area contributed by atoms with Gasteiger partial charge in [0, 0.05) is 17.7 Å². The number of hydrogen-bond donors (Lipinski definition) is 0. The van der Waals surface area contributed by atoms with E-state index in [2.05, 4.69) is 6.07 Å². The fourth-order valence-electron chi connectivity index (χ4n) is 3.50. The number of Topliss-reactive ketones (excluding diaryl/α,β-unsaturated/α-hetero) is 1. The van der Waals surface area contributed by atoms with E-state index in [9.17, 15) is 14.4 Å². The third kappa shape index (κ3) is 5.25. The maximum Gasteiger partial charge on any atom is 0.344 e. The van der Waals surface area contributed by atoms with Gasteiger partial charge >= 0.3 is 5.97 Å². The molecule has 7 heteroatoms. The molecule has 1 aliphatic rings. The van der Waals surface area contributed by atoms with Crippen LogP contribution in [0.5, 0.6) is 5.75 Å². The van der Waals surface area contributed by atoms with Crippen molar-refractivity contribution in [2.75, 3.05) is 13.2 Å². The maximum atomic E-state index is 12.7. The van der Waals surface area contributed by atoms with Crippen LogP contribution in [0.2, 0.25) is 0 Å². The van der Waals surface area contributed by atoms with Crippen molar-refractivity contribution in [1.29, 1.82) is 5.26 Å². The molecule has 0 N–H and O–H groups in total. The second-order valence-electron chi connectivity index (χ2n) is 7.53. The van der Waals surface area contributed by atoms with Crippen LogP contribution in [-0.2, 0) is 22.7 Å². The van der Waals surface area contributed by atoms with E-state index >= 15 is 0 Å². The number of carbonyl (C=O) groups is 3. The number of fused-ring (bicyclic) bond motifs is 1. The molecule has 0 bridgehead atoms. The van der Waals surface area contributed by atoms with Crippen LogP contribution in [-0.4, -0.2) is 35.7 Å². The minimum absolute atomic E-state index is 0.0680. The van der Waals surface area contributed by atoms with Crippen molar-refractivity contribution in [1.82, 2.24) is 4.90 Å². The van der Waals surface area contributed by atoms with Gasteiger partial charge in [-0.2, -0.15) is 5.26 Å². The summed E-state index contributed by atoms with van der Waals surface area (Å²) in [6.45, 7) is 0.155. The Morgan fingerprint density at radius 3 is 2.48 bits per heavy atom. The Balaban J connectivity index is 1.27. The second kappa shape index (κ2) is 9.79. The number of benzene rings is 3. The number of amides is 1. The van der Waals surface area contributed by atoms with Gasteiger partial charge in [0.1, 0.15) is 12.4 Å². The Bertz CT molecular complexity index is 1230. The van der Waals surface area contributed by atoms with Crippen LogP contribution >= 0.6 is 0 Å². The zero-order chi connectivity index (χ0) is 23.2. The molecule has 0 aromatic heterocycles. The van der Waals surface area contributed by atoms with Gasteiger partial charge in [-0.15, -0.1) is 0 Å². The van der Waals surface area contributed by atoms with Gasteiger partial charge in [0.15, 0.2) is 12.4 Å². The minimum Gasteiger partial charge on any atom is -0.482 e. The SMILES string of the molecule is N#Cc1ccc2c(c1)CN(CC(=O)c1ccc(OCC(=O)OCc3ccccc3)cc1)C2=O. The van der Waals surface area contributed by atoms with E-state index in [1.807, 2.05) is 30.3 Å². The Morgan fingerprint density at radius 1 is 1.00 bits per heavy atom. The summed E-state index contributed by atoms with van der Waals surface area (Å²) in [6.07, 6.45) is 0. The van der Waals surface area contributed by atoms with Crippen LogP contribution in [0.1, 0.15) is 37.4 Å². The van der Waals surface area contributed by atoms with Gasteiger partial charge < -0.3 is 14.4 Å². The molecule has 1 amide bonds. The third-order valence-electron chi connectivity index (χ3n) is 5.22. The normalized spacial score (nSPS) is 12.1. The van der Waals surface area contributed by atoms with Gasteiger partial charge in [0.05, 0.1) is 18.2 Å². The summed E-state index contributed by atoms with van der Waals surface area (Å²) < 4.78 is 10.6. The van der Waals surface area contributed by atoms with Crippen molar-refractivity contribution in [2.45, 2.75) is 13.2 Å². The predicted molar refractivity (Wildman–Crippen MR) is 118 cm³/mol. The first kappa shape index (κ1) is 21.8. The molecule has 164 valence electrons. The van der Waals surface area contributed by atoms with Crippen molar-refractivity contribution in [3.8, 4) is 11.8 Å². The molecule has 33 heavy (non-hydrogen) atoms. The zero-order valence-electron chi connectivity index (χ0n) is 17.7. The Morgan fingerprint density at radius 2 is 1.76 bits per heavy atom. The lowest BCUT2D eigenvalue weighted by Gasteiger charge is -2.14. The molecule has 0 radical (unpaired) electrons. The van der Waals surface area contributed by atoms with Crippen molar-refractivity contribution in [3.05, 3.63) is 101 Å². The third-order valence-corrected chi connectivity index (χ3v) is 5.22. The number of rotatable bonds is 8.